The SMILES string of the molecule is C=C(C)NC(=O)N(C(C)=O)c1ccc(N)cc1. The monoisotopic (exact) mass is 233 g/mol. The van der Waals surface area contributed by atoms with Crippen molar-refractivity contribution in [3.63, 3.8) is 0 Å². The van der Waals surface area contributed by atoms with Crippen molar-refractivity contribution in [3.05, 3.63) is 36.5 Å². The van der Waals surface area contributed by atoms with Gasteiger partial charge in [0.05, 0.1) is 5.69 Å². The van der Waals surface area contributed by atoms with E-state index in [0.29, 0.717) is 17.1 Å². The second-order valence-corrected chi connectivity index (χ2v) is 3.66. The Kier molecular flexibility index (Phi) is 3.87. The van der Waals surface area contributed by atoms with Gasteiger partial charge in [0.1, 0.15) is 0 Å². The lowest BCUT2D eigenvalue weighted by atomic mass is 10.2. The molecule has 0 spiro atoms. The fourth-order valence-corrected chi connectivity index (χ4v) is 1.30. The number of carbonyl (C=O) groups excluding carboxylic acids is 2. The molecule has 0 saturated carbocycles. The Morgan fingerprint density at radius 1 is 1.24 bits per heavy atom. The first-order valence-corrected chi connectivity index (χ1v) is 5.04. The topological polar surface area (TPSA) is 75.4 Å². The first-order valence-electron chi connectivity index (χ1n) is 5.04. The highest BCUT2D eigenvalue weighted by Gasteiger charge is 2.19. The maximum absolute atomic E-state index is 11.8. The van der Waals surface area contributed by atoms with Crippen molar-refractivity contribution in [1.82, 2.24) is 5.32 Å². The minimum Gasteiger partial charge on any atom is -0.399 e. The van der Waals surface area contributed by atoms with Crippen molar-refractivity contribution in [2.45, 2.75) is 13.8 Å². The molecular formula is C12H15N3O2. The second-order valence-electron chi connectivity index (χ2n) is 3.66. The second kappa shape index (κ2) is 5.16. The van der Waals surface area contributed by atoms with E-state index in [0.717, 1.165) is 4.90 Å². The number of nitrogen functional groups attached to an aromatic ring is 1. The highest BCUT2D eigenvalue weighted by atomic mass is 16.2. The van der Waals surface area contributed by atoms with Gasteiger partial charge in [-0.2, -0.15) is 0 Å². The van der Waals surface area contributed by atoms with Gasteiger partial charge in [0.25, 0.3) is 0 Å². The fourth-order valence-electron chi connectivity index (χ4n) is 1.30. The number of hydrogen-bond donors (Lipinski definition) is 2. The summed E-state index contributed by atoms with van der Waals surface area (Å²) >= 11 is 0. The van der Waals surface area contributed by atoms with E-state index in [1.54, 1.807) is 31.2 Å². The van der Waals surface area contributed by atoms with Crippen molar-refractivity contribution < 1.29 is 9.59 Å². The van der Waals surface area contributed by atoms with Gasteiger partial charge in [-0.25, -0.2) is 9.69 Å². The number of hydrogen-bond acceptors (Lipinski definition) is 3. The van der Waals surface area contributed by atoms with E-state index in [2.05, 4.69) is 11.9 Å². The maximum Gasteiger partial charge on any atom is 0.332 e. The number of anilines is 2. The Hall–Kier alpha value is -2.30. The van der Waals surface area contributed by atoms with E-state index in [4.69, 9.17) is 5.73 Å². The highest BCUT2D eigenvalue weighted by Crippen LogP contribution is 2.16. The lowest BCUT2D eigenvalue weighted by Crippen LogP contribution is -2.42. The molecule has 0 bridgehead atoms. The number of imide groups is 1. The molecule has 1 aromatic rings. The number of nitrogens with one attached hydrogen (secondary N) is 1. The Balaban J connectivity index is 3.01. The van der Waals surface area contributed by atoms with Crippen LogP contribution in [0.2, 0.25) is 0 Å². The molecule has 0 radical (unpaired) electrons. The standard InChI is InChI=1S/C12H15N3O2/c1-8(2)14-12(17)15(9(3)16)11-6-4-10(13)5-7-11/h4-7H,1,13H2,2-3H3,(H,14,17). The molecule has 3 N–H and O–H groups in total. The lowest BCUT2D eigenvalue weighted by molar-refractivity contribution is -0.115. The van der Waals surface area contributed by atoms with E-state index in [1.807, 2.05) is 0 Å². The van der Waals surface area contributed by atoms with Crippen molar-refractivity contribution >= 4 is 23.3 Å². The van der Waals surface area contributed by atoms with Crippen LogP contribution in [0.3, 0.4) is 0 Å². The van der Waals surface area contributed by atoms with Crippen molar-refractivity contribution in [2.24, 2.45) is 0 Å². The summed E-state index contributed by atoms with van der Waals surface area (Å²) in [6.45, 7) is 6.51. The molecule has 0 atom stereocenters. The third kappa shape index (κ3) is 3.34. The molecule has 5 nitrogen and oxygen atoms in total. The average molecular weight is 233 g/mol. The first-order chi connectivity index (χ1) is 7.91. The zero-order chi connectivity index (χ0) is 13.0. The van der Waals surface area contributed by atoms with Gasteiger partial charge in [0.2, 0.25) is 5.91 Å². The smallest absolute Gasteiger partial charge is 0.332 e. The largest absolute Gasteiger partial charge is 0.399 e. The van der Waals surface area contributed by atoms with Crippen LogP contribution in [0.5, 0.6) is 0 Å². The molecule has 0 aliphatic heterocycles. The van der Waals surface area contributed by atoms with Crippen LogP contribution < -0.4 is 16.0 Å². The Morgan fingerprint density at radius 2 is 1.76 bits per heavy atom. The Bertz CT molecular complexity index is 451. The predicted octanol–water partition coefficient (Wildman–Crippen LogP) is 1.86. The molecule has 1 rings (SSSR count). The summed E-state index contributed by atoms with van der Waals surface area (Å²) in [6, 6.07) is 5.93. The number of allylic oxidation sites excluding steroid dienone is 1. The van der Waals surface area contributed by atoms with Gasteiger partial charge in [0, 0.05) is 18.3 Å². The number of nitrogens with two attached hydrogens (primary N) is 1. The van der Waals surface area contributed by atoms with Crippen LogP contribution in [0.4, 0.5) is 16.2 Å². The third-order valence-corrected chi connectivity index (χ3v) is 1.99. The van der Waals surface area contributed by atoms with Gasteiger partial charge in [0.15, 0.2) is 0 Å². The van der Waals surface area contributed by atoms with Gasteiger partial charge in [-0.3, -0.25) is 4.79 Å². The van der Waals surface area contributed by atoms with Crippen molar-refractivity contribution in [2.75, 3.05) is 10.6 Å². The summed E-state index contributed by atoms with van der Waals surface area (Å²) in [5.74, 6) is -0.381. The number of urea groups is 1. The number of carbonyl (C=O) groups is 2. The van der Waals surface area contributed by atoms with Crippen LogP contribution >= 0.6 is 0 Å². The summed E-state index contributed by atoms with van der Waals surface area (Å²) in [7, 11) is 0. The van der Waals surface area contributed by atoms with E-state index in [-0.39, 0.29) is 5.91 Å². The number of benzene rings is 1. The molecule has 0 unspecified atom stereocenters. The first kappa shape index (κ1) is 12.8. The molecule has 0 aliphatic carbocycles. The molecule has 90 valence electrons. The molecule has 0 heterocycles. The molecular weight excluding hydrogens is 218 g/mol. The van der Waals surface area contributed by atoms with Gasteiger partial charge in [-0.1, -0.05) is 6.58 Å². The van der Waals surface area contributed by atoms with Gasteiger partial charge in [-0.15, -0.1) is 0 Å². The Morgan fingerprint density at radius 3 is 2.18 bits per heavy atom. The zero-order valence-corrected chi connectivity index (χ0v) is 9.86. The van der Waals surface area contributed by atoms with Gasteiger partial charge < -0.3 is 11.1 Å². The molecule has 5 heteroatoms. The molecule has 1 aromatic carbocycles. The molecule has 3 amide bonds. The van der Waals surface area contributed by atoms with Crippen LogP contribution in [-0.2, 0) is 4.79 Å². The van der Waals surface area contributed by atoms with Crippen LogP contribution in [-0.4, -0.2) is 11.9 Å². The number of nitrogens with zero attached hydrogens (tertiary/aromatic N) is 1. The molecule has 0 aromatic heterocycles. The van der Waals surface area contributed by atoms with Crippen LogP contribution in [0.1, 0.15) is 13.8 Å². The van der Waals surface area contributed by atoms with Crippen LogP contribution in [0, 0.1) is 0 Å². The highest BCUT2D eigenvalue weighted by molar-refractivity contribution is 6.13. The molecule has 0 fully saturated rings. The van der Waals surface area contributed by atoms with Crippen LogP contribution in [0.15, 0.2) is 36.5 Å². The number of rotatable bonds is 2. The Labute approximate surface area is 99.9 Å². The summed E-state index contributed by atoms with van der Waals surface area (Å²) in [4.78, 5) is 24.3. The summed E-state index contributed by atoms with van der Waals surface area (Å²) < 4.78 is 0. The molecule has 0 aliphatic rings. The van der Waals surface area contributed by atoms with E-state index >= 15 is 0 Å². The summed E-state index contributed by atoms with van der Waals surface area (Å²) in [5, 5.41) is 2.48. The number of amides is 3. The van der Waals surface area contributed by atoms with Crippen molar-refractivity contribution in [1.29, 1.82) is 0 Å². The van der Waals surface area contributed by atoms with Gasteiger partial charge in [-0.05, 0) is 31.2 Å². The zero-order valence-electron chi connectivity index (χ0n) is 9.86. The van der Waals surface area contributed by atoms with Crippen molar-refractivity contribution in [3.8, 4) is 0 Å². The predicted molar refractivity (Wildman–Crippen MR) is 67.4 cm³/mol. The van der Waals surface area contributed by atoms with E-state index in [9.17, 15) is 9.59 Å². The average Bonchev–Trinajstić information content (AvgIpc) is 2.19. The maximum atomic E-state index is 11.8. The van der Waals surface area contributed by atoms with E-state index in [1.165, 1.54) is 6.92 Å². The minimum absolute atomic E-state index is 0.381. The quantitative estimate of drug-likeness (QED) is 0.765. The van der Waals surface area contributed by atoms with E-state index < -0.39 is 6.03 Å². The third-order valence-electron chi connectivity index (χ3n) is 1.99. The minimum atomic E-state index is -0.533. The summed E-state index contributed by atoms with van der Waals surface area (Å²) in [5.41, 5.74) is 7.04. The van der Waals surface area contributed by atoms with Crippen LogP contribution in [0.25, 0.3) is 0 Å². The summed E-state index contributed by atoms with van der Waals surface area (Å²) in [6.07, 6.45) is 0. The fraction of sp³-hybridized carbons (Fsp3) is 0.167. The normalized spacial score (nSPS) is 9.53. The molecule has 0 saturated heterocycles. The van der Waals surface area contributed by atoms with Gasteiger partial charge >= 0.3 is 6.03 Å². The molecule has 17 heavy (non-hydrogen) atoms. The lowest BCUT2D eigenvalue weighted by Gasteiger charge is -2.19.